The number of hydrogen-bond acceptors (Lipinski definition) is 4. The number of allylic oxidation sites excluding steroid dienone is 1. The Balaban J connectivity index is 2.84. The normalized spacial score (nSPS) is 11.7. The fourth-order valence-corrected chi connectivity index (χ4v) is 1.40. The van der Waals surface area contributed by atoms with Crippen molar-refractivity contribution in [3.8, 4) is 0 Å². The summed E-state index contributed by atoms with van der Waals surface area (Å²) >= 11 is 0. The van der Waals surface area contributed by atoms with E-state index < -0.39 is 5.91 Å². The molecule has 0 unspecified atom stereocenters. The van der Waals surface area contributed by atoms with Gasteiger partial charge in [-0.2, -0.15) is 0 Å². The highest BCUT2D eigenvalue weighted by molar-refractivity contribution is 6.43. The van der Waals surface area contributed by atoms with E-state index in [0.29, 0.717) is 11.3 Å². The smallest absolute Gasteiger partial charge is 0.293 e. The monoisotopic (exact) mass is 273 g/mol. The fourth-order valence-electron chi connectivity index (χ4n) is 1.40. The van der Waals surface area contributed by atoms with Crippen LogP contribution < -0.4 is 10.8 Å². The van der Waals surface area contributed by atoms with Crippen LogP contribution in [0.1, 0.15) is 17.3 Å². The van der Waals surface area contributed by atoms with Gasteiger partial charge in [0.15, 0.2) is 0 Å². The molecule has 0 aliphatic carbocycles. The van der Waals surface area contributed by atoms with E-state index in [1.807, 2.05) is 0 Å². The Labute approximate surface area is 116 Å². The molecule has 0 saturated carbocycles. The summed E-state index contributed by atoms with van der Waals surface area (Å²) in [6, 6.07) is 8.64. The van der Waals surface area contributed by atoms with E-state index in [4.69, 9.17) is 5.21 Å². The van der Waals surface area contributed by atoms with Crippen molar-refractivity contribution < 1.29 is 14.8 Å². The second-order valence-electron chi connectivity index (χ2n) is 3.79. The van der Waals surface area contributed by atoms with E-state index in [1.54, 1.807) is 37.3 Å². The first-order chi connectivity index (χ1) is 9.58. The van der Waals surface area contributed by atoms with E-state index in [1.165, 1.54) is 11.6 Å². The van der Waals surface area contributed by atoms with Gasteiger partial charge >= 0.3 is 0 Å². The molecule has 20 heavy (non-hydrogen) atoms. The lowest BCUT2D eigenvalue weighted by atomic mass is 10.2. The van der Waals surface area contributed by atoms with Crippen molar-refractivity contribution in [3.63, 3.8) is 0 Å². The topological polar surface area (TPSA) is 90.8 Å². The number of hydroxylamine groups is 1. The van der Waals surface area contributed by atoms with Gasteiger partial charge in [-0.05, 0) is 25.1 Å². The summed E-state index contributed by atoms with van der Waals surface area (Å²) in [6.45, 7) is 4.97. The molecule has 1 rings (SSSR count). The van der Waals surface area contributed by atoms with Gasteiger partial charge in [0.05, 0.1) is 0 Å². The number of carbonyl (C=O) groups excluding carboxylic acids is 2. The largest absolute Gasteiger partial charge is 0.326 e. The third kappa shape index (κ3) is 4.51. The van der Waals surface area contributed by atoms with Crippen LogP contribution in [0.2, 0.25) is 0 Å². The Morgan fingerprint density at radius 3 is 2.50 bits per heavy atom. The van der Waals surface area contributed by atoms with E-state index in [2.05, 4.69) is 16.9 Å². The summed E-state index contributed by atoms with van der Waals surface area (Å²) in [5.74, 6) is -1.10. The number of amides is 2. The second-order valence-corrected chi connectivity index (χ2v) is 3.79. The van der Waals surface area contributed by atoms with Gasteiger partial charge < -0.3 is 5.32 Å². The number of hydrogen-bond donors (Lipinski definition) is 3. The molecule has 0 radical (unpaired) electrons. The molecule has 0 heterocycles. The predicted molar refractivity (Wildman–Crippen MR) is 75.2 cm³/mol. The third-order valence-corrected chi connectivity index (χ3v) is 2.26. The first kappa shape index (κ1) is 15.3. The molecule has 2 amide bonds. The van der Waals surface area contributed by atoms with Crippen molar-refractivity contribution in [3.05, 3.63) is 60.4 Å². The SMILES string of the molecule is C=CN=C(/C=C(\C)NC(=O)c1ccccc1)C(=O)NO. The zero-order valence-electron chi connectivity index (χ0n) is 11.0. The van der Waals surface area contributed by atoms with Crippen LogP contribution in [0, 0.1) is 0 Å². The molecule has 0 atom stereocenters. The van der Waals surface area contributed by atoms with Crippen LogP contribution in [0.5, 0.6) is 0 Å². The molecular weight excluding hydrogens is 258 g/mol. The van der Waals surface area contributed by atoms with Gasteiger partial charge in [-0.15, -0.1) is 0 Å². The minimum absolute atomic E-state index is 0.0756. The zero-order valence-corrected chi connectivity index (χ0v) is 11.0. The Hall–Kier alpha value is -2.73. The number of nitrogens with zero attached hydrogens (tertiary/aromatic N) is 1. The lowest BCUT2D eigenvalue weighted by Gasteiger charge is -2.06. The zero-order chi connectivity index (χ0) is 15.0. The number of nitrogens with one attached hydrogen (secondary N) is 2. The molecule has 1 aromatic carbocycles. The highest BCUT2D eigenvalue weighted by atomic mass is 16.5. The maximum Gasteiger partial charge on any atom is 0.293 e. The minimum Gasteiger partial charge on any atom is -0.326 e. The van der Waals surface area contributed by atoms with Crippen molar-refractivity contribution in [2.75, 3.05) is 0 Å². The fraction of sp³-hybridized carbons (Fsp3) is 0.0714. The molecule has 0 aliphatic rings. The molecule has 3 N–H and O–H groups in total. The van der Waals surface area contributed by atoms with Crippen LogP contribution in [0.4, 0.5) is 0 Å². The van der Waals surface area contributed by atoms with Crippen LogP contribution in [0.15, 0.2) is 59.9 Å². The highest BCUT2D eigenvalue weighted by Gasteiger charge is 2.09. The molecule has 1 aromatic rings. The lowest BCUT2D eigenvalue weighted by Crippen LogP contribution is -2.28. The van der Waals surface area contributed by atoms with Crippen LogP contribution in [-0.2, 0) is 4.79 Å². The van der Waals surface area contributed by atoms with Crippen molar-refractivity contribution >= 4 is 17.5 Å². The highest BCUT2D eigenvalue weighted by Crippen LogP contribution is 2.00. The van der Waals surface area contributed by atoms with Gasteiger partial charge in [-0.25, -0.2) is 5.48 Å². The van der Waals surface area contributed by atoms with Crippen LogP contribution >= 0.6 is 0 Å². The van der Waals surface area contributed by atoms with Gasteiger partial charge in [0.2, 0.25) is 0 Å². The van der Waals surface area contributed by atoms with Gasteiger partial charge in [0.25, 0.3) is 11.8 Å². The first-order valence-corrected chi connectivity index (χ1v) is 5.76. The second kappa shape index (κ2) is 7.65. The molecule has 0 fully saturated rings. The maximum atomic E-state index is 11.9. The molecule has 0 aromatic heterocycles. The van der Waals surface area contributed by atoms with E-state index >= 15 is 0 Å². The average Bonchev–Trinajstić information content (AvgIpc) is 2.46. The molecule has 0 spiro atoms. The molecule has 104 valence electrons. The van der Waals surface area contributed by atoms with Crippen LogP contribution in [0.3, 0.4) is 0 Å². The standard InChI is InChI=1S/C14H15N3O3/c1-3-15-12(14(19)17-20)9-10(2)16-13(18)11-7-5-4-6-8-11/h3-9,20H,1H2,2H3,(H,16,18)(H,17,19)/b10-9+,15-12?. The van der Waals surface area contributed by atoms with Gasteiger partial charge in [-0.1, -0.05) is 24.8 Å². The molecular formula is C14H15N3O3. The van der Waals surface area contributed by atoms with E-state index in [0.717, 1.165) is 6.20 Å². The van der Waals surface area contributed by atoms with Crippen LogP contribution in [0.25, 0.3) is 0 Å². The third-order valence-electron chi connectivity index (χ3n) is 2.26. The number of carbonyl (C=O) groups is 2. The molecule has 6 heteroatoms. The first-order valence-electron chi connectivity index (χ1n) is 5.76. The van der Waals surface area contributed by atoms with Crippen molar-refractivity contribution in [1.82, 2.24) is 10.8 Å². The van der Waals surface area contributed by atoms with E-state index in [9.17, 15) is 9.59 Å². The Morgan fingerprint density at radius 2 is 1.95 bits per heavy atom. The summed E-state index contributed by atoms with van der Waals surface area (Å²) < 4.78 is 0. The quantitative estimate of drug-likeness (QED) is 0.430. The number of rotatable bonds is 5. The van der Waals surface area contributed by atoms with Gasteiger partial charge in [0, 0.05) is 17.5 Å². The van der Waals surface area contributed by atoms with Gasteiger partial charge in [0.1, 0.15) is 5.71 Å². The summed E-state index contributed by atoms with van der Waals surface area (Å²) in [6.07, 6.45) is 2.49. The molecule has 6 nitrogen and oxygen atoms in total. The lowest BCUT2D eigenvalue weighted by molar-refractivity contribution is -0.122. The Kier molecular flexibility index (Phi) is 5.86. The molecule has 0 saturated heterocycles. The summed E-state index contributed by atoms with van der Waals surface area (Å²) in [4.78, 5) is 26.9. The number of benzene rings is 1. The Bertz CT molecular complexity index is 562. The minimum atomic E-state index is -0.793. The van der Waals surface area contributed by atoms with Crippen LogP contribution in [-0.4, -0.2) is 22.7 Å². The summed E-state index contributed by atoms with van der Waals surface area (Å²) in [5, 5.41) is 11.2. The van der Waals surface area contributed by atoms with Crippen molar-refractivity contribution in [2.45, 2.75) is 6.92 Å². The molecule has 0 aliphatic heterocycles. The van der Waals surface area contributed by atoms with E-state index in [-0.39, 0.29) is 11.6 Å². The van der Waals surface area contributed by atoms with Crippen molar-refractivity contribution in [2.24, 2.45) is 4.99 Å². The maximum absolute atomic E-state index is 11.9. The Morgan fingerprint density at radius 1 is 1.30 bits per heavy atom. The number of aliphatic imine (C=N–C) groups is 1. The summed E-state index contributed by atoms with van der Waals surface area (Å²) in [5.41, 5.74) is 2.29. The predicted octanol–water partition coefficient (Wildman–Crippen LogP) is 1.41. The van der Waals surface area contributed by atoms with Crippen molar-refractivity contribution in [1.29, 1.82) is 0 Å². The van der Waals surface area contributed by atoms with Gasteiger partial charge in [-0.3, -0.25) is 19.8 Å². The summed E-state index contributed by atoms with van der Waals surface area (Å²) in [7, 11) is 0. The average molecular weight is 273 g/mol. The molecule has 0 bridgehead atoms.